The largest absolute Gasteiger partial charge is 0.304 e. The molecule has 1 aliphatic heterocycles. The Morgan fingerprint density at radius 1 is 1.12 bits per heavy atom. The predicted octanol–water partition coefficient (Wildman–Crippen LogP) is 1.69. The molecule has 6 nitrogen and oxygen atoms in total. The van der Waals surface area contributed by atoms with Gasteiger partial charge in [0.15, 0.2) is 0 Å². The van der Waals surface area contributed by atoms with Crippen molar-refractivity contribution in [3.8, 4) is 0 Å². The first kappa shape index (κ1) is 17.5. The van der Waals surface area contributed by atoms with Crippen LogP contribution in [0.4, 0.5) is 0 Å². The molecule has 1 amide bonds. The number of amides is 1. The zero-order valence-corrected chi connectivity index (χ0v) is 14.5. The third-order valence-corrected chi connectivity index (χ3v) is 4.35. The highest BCUT2D eigenvalue weighted by Gasteiger charge is 2.13. The number of nitrogens with one attached hydrogen (secondary N) is 1. The average Bonchev–Trinajstić information content (AvgIpc) is 2.66. The van der Waals surface area contributed by atoms with Gasteiger partial charge in [0.1, 0.15) is 0 Å². The van der Waals surface area contributed by atoms with Crippen molar-refractivity contribution in [3.63, 3.8) is 0 Å². The summed E-state index contributed by atoms with van der Waals surface area (Å²) in [6.45, 7) is 5.79. The number of benzene rings is 1. The lowest BCUT2D eigenvalue weighted by atomic mass is 10.1. The van der Waals surface area contributed by atoms with Crippen molar-refractivity contribution in [1.82, 2.24) is 20.3 Å². The summed E-state index contributed by atoms with van der Waals surface area (Å²) in [6.07, 6.45) is 3.13. The molecule has 1 aliphatic rings. The van der Waals surface area contributed by atoms with Gasteiger partial charge >= 0.3 is 0 Å². The summed E-state index contributed by atoms with van der Waals surface area (Å²) in [5, 5.41) is 0. The maximum absolute atomic E-state index is 11.8. The van der Waals surface area contributed by atoms with E-state index >= 15 is 0 Å². The van der Waals surface area contributed by atoms with E-state index in [4.69, 9.17) is 4.84 Å². The van der Waals surface area contributed by atoms with Crippen molar-refractivity contribution >= 4 is 5.91 Å². The Hall–Kier alpha value is -2.28. The lowest BCUT2D eigenvalue weighted by Crippen LogP contribution is -2.43. The molecule has 25 heavy (non-hydrogen) atoms. The highest BCUT2D eigenvalue weighted by Crippen LogP contribution is 2.10. The number of rotatable bonds is 6. The van der Waals surface area contributed by atoms with Gasteiger partial charge in [-0.05, 0) is 30.3 Å². The standard InChI is InChI=1S/C19H24N4O2/c1-22-9-11-23(12-10-22)14-16-4-6-17(7-5-16)15-25-21-19(24)18-3-2-8-20-13-18/h2-8,13H,9-12,14-15H2,1H3,(H,21,24). The van der Waals surface area contributed by atoms with E-state index in [1.165, 1.54) is 11.8 Å². The fourth-order valence-electron chi connectivity index (χ4n) is 2.75. The molecular weight excluding hydrogens is 316 g/mol. The smallest absolute Gasteiger partial charge is 0.276 e. The second kappa shape index (κ2) is 8.71. The Kier molecular flexibility index (Phi) is 6.11. The first-order valence-corrected chi connectivity index (χ1v) is 8.51. The molecule has 0 aliphatic carbocycles. The van der Waals surface area contributed by atoms with Crippen LogP contribution >= 0.6 is 0 Å². The normalized spacial score (nSPS) is 15.9. The van der Waals surface area contributed by atoms with Crippen LogP contribution in [-0.4, -0.2) is 53.9 Å². The summed E-state index contributed by atoms with van der Waals surface area (Å²) in [4.78, 5) is 25.9. The molecular formula is C19H24N4O2. The minimum atomic E-state index is -0.292. The fraction of sp³-hybridized carbons (Fsp3) is 0.368. The maximum Gasteiger partial charge on any atom is 0.276 e. The molecule has 1 aromatic heterocycles. The number of hydrogen-bond acceptors (Lipinski definition) is 5. The van der Waals surface area contributed by atoms with E-state index in [9.17, 15) is 4.79 Å². The Morgan fingerprint density at radius 2 is 1.84 bits per heavy atom. The maximum atomic E-state index is 11.8. The van der Waals surface area contributed by atoms with E-state index in [0.29, 0.717) is 12.2 Å². The van der Waals surface area contributed by atoms with E-state index in [-0.39, 0.29) is 5.91 Å². The molecule has 0 radical (unpaired) electrons. The molecule has 6 heteroatoms. The minimum absolute atomic E-state index is 0.292. The topological polar surface area (TPSA) is 57.7 Å². The first-order chi connectivity index (χ1) is 12.2. The van der Waals surface area contributed by atoms with Gasteiger partial charge in [0.25, 0.3) is 5.91 Å². The van der Waals surface area contributed by atoms with Crippen molar-refractivity contribution in [2.45, 2.75) is 13.2 Å². The van der Waals surface area contributed by atoms with Gasteiger partial charge in [0.05, 0.1) is 12.2 Å². The zero-order chi connectivity index (χ0) is 17.5. The van der Waals surface area contributed by atoms with Crippen molar-refractivity contribution in [3.05, 3.63) is 65.5 Å². The van der Waals surface area contributed by atoms with E-state index in [0.717, 1.165) is 38.3 Å². The van der Waals surface area contributed by atoms with Gasteiger partial charge in [-0.1, -0.05) is 24.3 Å². The number of carbonyl (C=O) groups excluding carboxylic acids is 1. The van der Waals surface area contributed by atoms with Crippen molar-refractivity contribution in [1.29, 1.82) is 0 Å². The second-order valence-electron chi connectivity index (χ2n) is 6.36. The lowest BCUT2D eigenvalue weighted by Gasteiger charge is -2.32. The highest BCUT2D eigenvalue weighted by atomic mass is 16.6. The van der Waals surface area contributed by atoms with Crippen LogP contribution in [0, 0.1) is 0 Å². The second-order valence-corrected chi connectivity index (χ2v) is 6.36. The van der Waals surface area contributed by atoms with Crippen molar-refractivity contribution < 1.29 is 9.63 Å². The third kappa shape index (κ3) is 5.35. The molecule has 1 aromatic carbocycles. The van der Waals surface area contributed by atoms with E-state index in [1.54, 1.807) is 18.3 Å². The molecule has 0 spiro atoms. The summed E-state index contributed by atoms with van der Waals surface area (Å²) >= 11 is 0. The molecule has 0 bridgehead atoms. The van der Waals surface area contributed by atoms with Crippen molar-refractivity contribution in [2.75, 3.05) is 33.2 Å². The Morgan fingerprint density at radius 3 is 2.52 bits per heavy atom. The average molecular weight is 340 g/mol. The number of aromatic nitrogens is 1. The summed E-state index contributed by atoms with van der Waals surface area (Å²) in [5.74, 6) is -0.292. The van der Waals surface area contributed by atoms with E-state index in [2.05, 4.69) is 39.4 Å². The number of nitrogens with zero attached hydrogens (tertiary/aromatic N) is 3. The van der Waals surface area contributed by atoms with Crippen LogP contribution in [0.15, 0.2) is 48.8 Å². The van der Waals surface area contributed by atoms with Gasteiger partial charge in [-0.15, -0.1) is 0 Å². The summed E-state index contributed by atoms with van der Waals surface area (Å²) in [5.41, 5.74) is 5.24. The number of hydroxylamine groups is 1. The van der Waals surface area contributed by atoms with E-state index in [1.807, 2.05) is 12.1 Å². The number of likely N-dealkylation sites (N-methyl/N-ethyl adjacent to an activating group) is 1. The molecule has 1 saturated heterocycles. The SMILES string of the molecule is CN1CCN(Cc2ccc(CONC(=O)c3cccnc3)cc2)CC1. The van der Waals surface area contributed by atoms with Crippen LogP contribution in [0.5, 0.6) is 0 Å². The lowest BCUT2D eigenvalue weighted by molar-refractivity contribution is 0.0233. The number of carbonyl (C=O) groups is 1. The molecule has 1 N–H and O–H groups in total. The van der Waals surface area contributed by atoms with Crippen LogP contribution < -0.4 is 5.48 Å². The molecule has 3 rings (SSSR count). The summed E-state index contributed by atoms with van der Waals surface area (Å²) in [7, 11) is 2.17. The van der Waals surface area contributed by atoms with Crippen LogP contribution in [0.25, 0.3) is 0 Å². The molecule has 2 aromatic rings. The molecule has 0 atom stereocenters. The van der Waals surface area contributed by atoms with Crippen LogP contribution in [-0.2, 0) is 18.0 Å². The van der Waals surface area contributed by atoms with Gasteiger partial charge in [-0.2, -0.15) is 0 Å². The van der Waals surface area contributed by atoms with Crippen LogP contribution in [0.1, 0.15) is 21.5 Å². The summed E-state index contributed by atoms with van der Waals surface area (Å²) < 4.78 is 0. The zero-order valence-electron chi connectivity index (χ0n) is 14.5. The Bertz CT molecular complexity index is 668. The first-order valence-electron chi connectivity index (χ1n) is 8.51. The summed E-state index contributed by atoms with van der Waals surface area (Å²) in [6, 6.07) is 11.7. The van der Waals surface area contributed by atoms with Gasteiger partial charge in [0.2, 0.25) is 0 Å². The van der Waals surface area contributed by atoms with Crippen LogP contribution in [0.3, 0.4) is 0 Å². The van der Waals surface area contributed by atoms with Crippen molar-refractivity contribution in [2.24, 2.45) is 0 Å². The quantitative estimate of drug-likeness (QED) is 0.811. The monoisotopic (exact) mass is 340 g/mol. The van der Waals surface area contributed by atoms with E-state index < -0.39 is 0 Å². The molecule has 0 unspecified atom stereocenters. The fourth-order valence-corrected chi connectivity index (χ4v) is 2.75. The molecule has 1 fully saturated rings. The van der Waals surface area contributed by atoms with Gasteiger partial charge in [0, 0.05) is 45.1 Å². The van der Waals surface area contributed by atoms with Gasteiger partial charge in [-0.25, -0.2) is 5.48 Å². The Balaban J connectivity index is 1.42. The number of hydrogen-bond donors (Lipinski definition) is 1. The highest BCUT2D eigenvalue weighted by molar-refractivity contribution is 5.92. The predicted molar refractivity (Wildman–Crippen MR) is 95.7 cm³/mol. The van der Waals surface area contributed by atoms with Crippen LogP contribution in [0.2, 0.25) is 0 Å². The Labute approximate surface area is 148 Å². The van der Waals surface area contributed by atoms with Gasteiger partial charge < -0.3 is 4.90 Å². The molecule has 2 heterocycles. The number of piperazine rings is 1. The molecule has 0 saturated carbocycles. The number of pyridine rings is 1. The minimum Gasteiger partial charge on any atom is -0.304 e. The van der Waals surface area contributed by atoms with Gasteiger partial charge in [-0.3, -0.25) is 19.5 Å². The molecule has 132 valence electrons. The third-order valence-electron chi connectivity index (χ3n) is 4.35.